The van der Waals surface area contributed by atoms with Crippen molar-refractivity contribution in [1.29, 1.82) is 0 Å². The van der Waals surface area contributed by atoms with Crippen molar-refractivity contribution in [3.05, 3.63) is 67.0 Å². The second-order valence-electron chi connectivity index (χ2n) is 6.50. The second-order valence-corrected chi connectivity index (χ2v) is 8.68. The van der Waals surface area contributed by atoms with Crippen molar-refractivity contribution in [3.63, 3.8) is 0 Å². The number of nitrogens with zero attached hydrogens (tertiary/aromatic N) is 4. The fourth-order valence-electron chi connectivity index (χ4n) is 3.22. The van der Waals surface area contributed by atoms with Crippen molar-refractivity contribution in [2.75, 3.05) is 11.8 Å². The molecule has 10 heteroatoms. The predicted molar refractivity (Wildman–Crippen MR) is 115 cm³/mol. The van der Waals surface area contributed by atoms with E-state index in [-0.39, 0.29) is 4.90 Å². The van der Waals surface area contributed by atoms with Crippen LogP contribution in [0.3, 0.4) is 0 Å². The number of methoxy groups -OCH3 is 1. The van der Waals surface area contributed by atoms with Gasteiger partial charge in [-0.25, -0.2) is 13.4 Å². The van der Waals surface area contributed by atoms with Gasteiger partial charge in [-0.3, -0.25) is 4.72 Å². The van der Waals surface area contributed by atoms with Crippen molar-refractivity contribution in [3.8, 4) is 17.0 Å². The lowest BCUT2D eigenvalue weighted by Crippen LogP contribution is -2.14. The van der Waals surface area contributed by atoms with Gasteiger partial charge in [-0.05, 0) is 42.5 Å². The number of benzene rings is 2. The molecule has 5 rings (SSSR count). The number of imidazole rings is 1. The highest BCUT2D eigenvalue weighted by Gasteiger charge is 2.22. The van der Waals surface area contributed by atoms with E-state index in [0.29, 0.717) is 22.5 Å². The van der Waals surface area contributed by atoms with E-state index < -0.39 is 10.0 Å². The minimum atomic E-state index is -3.92. The highest BCUT2D eigenvalue weighted by Crippen LogP contribution is 2.33. The van der Waals surface area contributed by atoms with Gasteiger partial charge < -0.3 is 9.14 Å². The Morgan fingerprint density at radius 2 is 1.97 bits per heavy atom. The van der Waals surface area contributed by atoms with Crippen LogP contribution in [0.1, 0.15) is 0 Å². The summed E-state index contributed by atoms with van der Waals surface area (Å²) in [4.78, 5) is 4.66. The lowest BCUT2D eigenvalue weighted by Gasteiger charge is -2.13. The first kappa shape index (κ1) is 18.5. The molecule has 5 aromatic rings. The molecule has 8 nitrogen and oxygen atoms in total. The molecule has 0 saturated carbocycles. The molecule has 0 radical (unpaired) electrons. The normalized spacial score (nSPS) is 11.8. The van der Waals surface area contributed by atoms with Crippen molar-refractivity contribution < 1.29 is 13.2 Å². The van der Waals surface area contributed by atoms with E-state index in [0.717, 1.165) is 28.6 Å². The van der Waals surface area contributed by atoms with Crippen LogP contribution in [-0.2, 0) is 10.0 Å². The van der Waals surface area contributed by atoms with Crippen LogP contribution >= 0.6 is 11.7 Å². The topological polar surface area (TPSA) is 98.5 Å². The number of rotatable bonds is 5. The fourth-order valence-corrected chi connectivity index (χ4v) is 5.05. The second kappa shape index (κ2) is 7.08. The number of hydrogen-bond acceptors (Lipinski definition) is 7. The molecule has 0 saturated heterocycles. The monoisotopic (exact) mass is 437 g/mol. The lowest BCUT2D eigenvalue weighted by molar-refractivity contribution is 0.417. The predicted octanol–water partition coefficient (Wildman–Crippen LogP) is 3.82. The summed E-state index contributed by atoms with van der Waals surface area (Å²) in [5.41, 5.74) is 3.46. The molecule has 0 amide bonds. The Balaban J connectivity index is 1.58. The number of pyridine rings is 1. The van der Waals surface area contributed by atoms with Gasteiger partial charge in [-0.2, -0.15) is 8.75 Å². The molecule has 3 heterocycles. The van der Waals surface area contributed by atoms with E-state index in [9.17, 15) is 8.42 Å². The van der Waals surface area contributed by atoms with Gasteiger partial charge in [0, 0.05) is 18.0 Å². The van der Waals surface area contributed by atoms with Crippen LogP contribution < -0.4 is 9.46 Å². The number of fused-ring (bicyclic) bond motifs is 2. The Morgan fingerprint density at radius 3 is 2.80 bits per heavy atom. The number of sulfonamides is 1. The fraction of sp³-hybridized carbons (Fsp3) is 0.0500. The van der Waals surface area contributed by atoms with Crippen LogP contribution in [0.5, 0.6) is 5.75 Å². The average molecular weight is 438 g/mol. The number of aromatic nitrogens is 4. The van der Waals surface area contributed by atoms with Crippen molar-refractivity contribution in [1.82, 2.24) is 18.1 Å². The minimum Gasteiger partial charge on any atom is -0.495 e. The first-order valence-corrected chi connectivity index (χ1v) is 11.1. The summed E-state index contributed by atoms with van der Waals surface area (Å²) in [6.45, 7) is 0. The Hall–Kier alpha value is -3.50. The third-order valence-corrected chi connectivity index (χ3v) is 6.58. The molecule has 0 aliphatic carbocycles. The molecule has 150 valence electrons. The molecule has 0 aliphatic rings. The number of nitrogens with one attached hydrogen (secondary N) is 1. The smallest absolute Gasteiger partial charge is 0.264 e. The first-order valence-electron chi connectivity index (χ1n) is 8.91. The van der Waals surface area contributed by atoms with Gasteiger partial charge in [-0.15, -0.1) is 0 Å². The maximum absolute atomic E-state index is 13.1. The molecule has 2 aromatic carbocycles. The van der Waals surface area contributed by atoms with Gasteiger partial charge in [-0.1, -0.05) is 12.1 Å². The van der Waals surface area contributed by atoms with Crippen LogP contribution in [0.25, 0.3) is 27.9 Å². The van der Waals surface area contributed by atoms with Crippen LogP contribution in [0, 0.1) is 0 Å². The SMILES string of the molecule is COc1ccc(-c2cn3ccccc3n2)cc1NS(=O)(=O)c1cccc2nsnc12. The van der Waals surface area contributed by atoms with Gasteiger partial charge in [0.05, 0.1) is 30.2 Å². The van der Waals surface area contributed by atoms with Gasteiger partial charge in [0.25, 0.3) is 10.0 Å². The maximum atomic E-state index is 13.1. The zero-order chi connectivity index (χ0) is 20.7. The minimum absolute atomic E-state index is 0.0638. The quantitative estimate of drug-likeness (QED) is 0.449. The van der Waals surface area contributed by atoms with Gasteiger partial charge in [0.1, 0.15) is 27.3 Å². The van der Waals surface area contributed by atoms with E-state index in [4.69, 9.17) is 4.74 Å². The molecule has 0 aliphatic heterocycles. The Morgan fingerprint density at radius 1 is 1.07 bits per heavy atom. The van der Waals surface area contributed by atoms with Crippen LogP contribution in [0.4, 0.5) is 5.69 Å². The molecule has 1 N–H and O–H groups in total. The van der Waals surface area contributed by atoms with E-state index in [1.165, 1.54) is 13.2 Å². The summed E-state index contributed by atoms with van der Waals surface area (Å²) in [5, 5.41) is 0. The largest absolute Gasteiger partial charge is 0.495 e. The van der Waals surface area contributed by atoms with Crippen LogP contribution in [0.2, 0.25) is 0 Å². The Kier molecular flexibility index (Phi) is 4.37. The first-order chi connectivity index (χ1) is 14.5. The maximum Gasteiger partial charge on any atom is 0.264 e. The highest BCUT2D eigenvalue weighted by atomic mass is 32.2. The average Bonchev–Trinajstić information content (AvgIpc) is 3.40. The molecule has 3 aromatic heterocycles. The molecular formula is C20H15N5O3S2. The van der Waals surface area contributed by atoms with Crippen LogP contribution in [0.15, 0.2) is 71.9 Å². The van der Waals surface area contributed by atoms with Gasteiger partial charge in [0.15, 0.2) is 0 Å². The lowest BCUT2D eigenvalue weighted by atomic mass is 10.1. The highest BCUT2D eigenvalue weighted by molar-refractivity contribution is 7.93. The molecule has 0 bridgehead atoms. The van der Waals surface area contributed by atoms with E-state index >= 15 is 0 Å². The van der Waals surface area contributed by atoms with Crippen molar-refractivity contribution >= 4 is 44.1 Å². The molecular weight excluding hydrogens is 422 g/mol. The number of anilines is 1. The third kappa shape index (κ3) is 3.15. The summed E-state index contributed by atoms with van der Waals surface area (Å²) >= 11 is 0.971. The third-order valence-electron chi connectivity index (χ3n) is 4.64. The summed E-state index contributed by atoms with van der Waals surface area (Å²) in [7, 11) is -2.43. The number of ether oxygens (including phenoxy) is 1. The standard InChI is InChI=1S/C20H15N5O3S2/c1-28-17-9-8-13(16-12-25-10-3-2-7-19(25)21-16)11-15(17)24-30(26,27)18-6-4-5-14-20(18)23-29-22-14/h2-12,24H,1H3. The summed E-state index contributed by atoms with van der Waals surface area (Å²) in [5.74, 6) is 0.398. The van der Waals surface area contributed by atoms with E-state index in [2.05, 4.69) is 18.5 Å². The van der Waals surface area contributed by atoms with Crippen LogP contribution in [-0.4, -0.2) is 33.7 Å². The molecule has 0 unspecified atom stereocenters. The Bertz CT molecular complexity index is 1460. The summed E-state index contributed by atoms with van der Waals surface area (Å²) < 4.78 is 44.4. The number of hydrogen-bond donors (Lipinski definition) is 1. The molecule has 30 heavy (non-hydrogen) atoms. The zero-order valence-corrected chi connectivity index (χ0v) is 17.3. The van der Waals surface area contributed by atoms with Gasteiger partial charge >= 0.3 is 0 Å². The van der Waals surface area contributed by atoms with Crippen molar-refractivity contribution in [2.45, 2.75) is 4.90 Å². The molecule has 0 fully saturated rings. The zero-order valence-electron chi connectivity index (χ0n) is 15.7. The molecule has 0 atom stereocenters. The Labute approximate surface area is 176 Å². The summed E-state index contributed by atoms with van der Waals surface area (Å²) in [6, 6.07) is 15.9. The molecule has 0 spiro atoms. The summed E-state index contributed by atoms with van der Waals surface area (Å²) in [6.07, 6.45) is 3.79. The van der Waals surface area contributed by atoms with E-state index in [1.54, 1.807) is 24.3 Å². The van der Waals surface area contributed by atoms with Gasteiger partial charge in [0.2, 0.25) is 0 Å². The van der Waals surface area contributed by atoms with Crippen molar-refractivity contribution in [2.24, 2.45) is 0 Å². The van der Waals surface area contributed by atoms with E-state index in [1.807, 2.05) is 41.1 Å².